The third-order valence-corrected chi connectivity index (χ3v) is 24.4. The Morgan fingerprint density at radius 3 is 1.79 bits per heavy atom. The minimum atomic E-state index is -3.78. The summed E-state index contributed by atoms with van der Waals surface area (Å²) in [7, 11) is 1.59. The molecule has 4 atom stereocenters. The van der Waals surface area contributed by atoms with Gasteiger partial charge in [-0.1, -0.05) is 0 Å². The summed E-state index contributed by atoms with van der Waals surface area (Å²) in [5, 5.41) is 0. The molecular formula is C31H34O2Sn. The van der Waals surface area contributed by atoms with Crippen LogP contribution in [0, 0.1) is 17.3 Å². The Balaban J connectivity index is 1.89. The van der Waals surface area contributed by atoms with Crippen molar-refractivity contribution in [1.29, 1.82) is 0 Å². The van der Waals surface area contributed by atoms with Crippen LogP contribution in [0.15, 0.2) is 103 Å². The van der Waals surface area contributed by atoms with Crippen LogP contribution in [0.1, 0.15) is 32.6 Å². The normalized spacial score (nSPS) is 25.4. The summed E-state index contributed by atoms with van der Waals surface area (Å²) in [5.41, 5.74) is -0.470. The summed E-state index contributed by atoms with van der Waals surface area (Å²) in [6, 6.07) is 33.5. The van der Waals surface area contributed by atoms with Crippen molar-refractivity contribution >= 4 is 35.1 Å². The van der Waals surface area contributed by atoms with E-state index in [9.17, 15) is 4.79 Å². The molecule has 0 aliphatic heterocycles. The molecule has 1 fully saturated rings. The van der Waals surface area contributed by atoms with Gasteiger partial charge in [-0.15, -0.1) is 0 Å². The van der Waals surface area contributed by atoms with Gasteiger partial charge in [-0.3, -0.25) is 0 Å². The zero-order chi connectivity index (χ0) is 23.6. The molecule has 2 nitrogen and oxygen atoms in total. The van der Waals surface area contributed by atoms with Gasteiger partial charge < -0.3 is 0 Å². The topological polar surface area (TPSA) is 26.3 Å². The standard InChI is InChI=1S/C13H19O2.3C6H5.Sn/c1-3-4-7-13(12(14)15-2)9-10-5-6-11(13)8-10;3*1-2-4-6-5-3-1;/h5-6,9-11H,3-4,7-8H2,1-2H3;3*1-5H;/t10-,11+,13+;;;;/m0..../s1. The Labute approximate surface area is 207 Å². The molecule has 0 saturated heterocycles. The van der Waals surface area contributed by atoms with Gasteiger partial charge in [-0.2, -0.15) is 0 Å². The van der Waals surface area contributed by atoms with Crippen molar-refractivity contribution in [3.63, 3.8) is 0 Å². The third-order valence-electron chi connectivity index (χ3n) is 8.42. The van der Waals surface area contributed by atoms with Crippen molar-refractivity contribution in [1.82, 2.24) is 0 Å². The summed E-state index contributed by atoms with van der Waals surface area (Å²) in [6.07, 6.45) is 8.86. The second-order valence-electron chi connectivity index (χ2n) is 9.91. The molecule has 0 aromatic heterocycles. The Bertz CT molecular complexity index is 1050. The van der Waals surface area contributed by atoms with Crippen LogP contribution in [-0.2, 0) is 9.53 Å². The number of ether oxygens (including phenoxy) is 1. The summed E-state index contributed by atoms with van der Waals surface area (Å²) in [4.78, 5) is 14.0. The molecule has 3 aromatic rings. The number of carbonyl (C=O) groups is 1. The van der Waals surface area contributed by atoms with Crippen LogP contribution in [0.25, 0.3) is 0 Å². The van der Waals surface area contributed by atoms with E-state index in [1.54, 1.807) is 7.11 Å². The van der Waals surface area contributed by atoms with E-state index in [4.69, 9.17) is 4.74 Å². The summed E-state index contributed by atoms with van der Waals surface area (Å²) in [6.45, 7) is 2.23. The molecular weight excluding hydrogens is 523 g/mol. The van der Waals surface area contributed by atoms with Gasteiger partial charge in [0.1, 0.15) is 0 Å². The van der Waals surface area contributed by atoms with E-state index < -0.39 is 23.8 Å². The molecule has 2 aliphatic carbocycles. The molecule has 2 bridgehead atoms. The molecule has 0 heterocycles. The van der Waals surface area contributed by atoms with Crippen molar-refractivity contribution in [3.8, 4) is 0 Å². The molecule has 0 spiro atoms. The first kappa shape index (κ1) is 23.4. The Morgan fingerprint density at radius 2 is 1.35 bits per heavy atom. The number of carbonyl (C=O) groups excluding carboxylic acids is 1. The number of methoxy groups -OCH3 is 1. The van der Waals surface area contributed by atoms with Crippen LogP contribution in [0.3, 0.4) is 0 Å². The van der Waals surface area contributed by atoms with Crippen molar-refractivity contribution < 1.29 is 9.53 Å². The summed E-state index contributed by atoms with van der Waals surface area (Å²) < 4.78 is 10.3. The van der Waals surface area contributed by atoms with Gasteiger partial charge in [0.15, 0.2) is 0 Å². The number of rotatable bonds is 8. The molecule has 0 radical (unpaired) electrons. The van der Waals surface area contributed by atoms with Crippen LogP contribution in [-0.4, -0.2) is 31.5 Å². The van der Waals surface area contributed by atoms with E-state index in [1.165, 1.54) is 10.7 Å². The van der Waals surface area contributed by atoms with Crippen LogP contribution < -0.4 is 10.7 Å². The fraction of sp³-hybridized carbons (Fsp3) is 0.323. The van der Waals surface area contributed by atoms with Gasteiger partial charge in [-0.05, 0) is 0 Å². The maximum atomic E-state index is 14.0. The van der Waals surface area contributed by atoms with Gasteiger partial charge >= 0.3 is 209 Å². The number of benzene rings is 3. The molecule has 2 aliphatic rings. The molecule has 3 aromatic carbocycles. The van der Waals surface area contributed by atoms with E-state index >= 15 is 0 Å². The van der Waals surface area contributed by atoms with E-state index in [2.05, 4.69) is 110 Å². The van der Waals surface area contributed by atoms with Crippen LogP contribution in [0.2, 0.25) is 3.93 Å². The van der Waals surface area contributed by atoms with Crippen LogP contribution in [0.5, 0.6) is 0 Å². The maximum absolute atomic E-state index is 14.0. The number of hydrogen-bond donors (Lipinski definition) is 0. The van der Waals surface area contributed by atoms with Crippen LogP contribution >= 0.6 is 0 Å². The predicted molar refractivity (Wildman–Crippen MR) is 142 cm³/mol. The van der Waals surface area contributed by atoms with Gasteiger partial charge in [0.2, 0.25) is 0 Å². The number of fused-ring (bicyclic) bond motifs is 2. The number of esters is 1. The second-order valence-corrected chi connectivity index (χ2v) is 21.2. The summed E-state index contributed by atoms with van der Waals surface area (Å²) >= 11 is -3.78. The van der Waals surface area contributed by atoms with Gasteiger partial charge in [-0.25, -0.2) is 0 Å². The quantitative estimate of drug-likeness (QED) is 0.220. The first-order valence-corrected chi connectivity index (χ1v) is 18.6. The van der Waals surface area contributed by atoms with Gasteiger partial charge in [0.25, 0.3) is 0 Å². The summed E-state index contributed by atoms with van der Waals surface area (Å²) in [5.74, 6) is 0.665. The van der Waals surface area contributed by atoms with Crippen molar-refractivity contribution in [2.45, 2.75) is 36.5 Å². The average molecular weight is 557 g/mol. The molecule has 174 valence electrons. The van der Waals surface area contributed by atoms with Gasteiger partial charge in [0.05, 0.1) is 0 Å². The Kier molecular flexibility index (Phi) is 6.70. The second kappa shape index (κ2) is 9.73. The number of unbranched alkanes of at least 4 members (excludes halogenated alkanes) is 1. The molecule has 0 amide bonds. The molecule has 5 rings (SSSR count). The molecule has 0 unspecified atom stereocenters. The molecule has 34 heavy (non-hydrogen) atoms. The fourth-order valence-corrected chi connectivity index (χ4v) is 25.4. The van der Waals surface area contributed by atoms with E-state index in [0.29, 0.717) is 5.92 Å². The van der Waals surface area contributed by atoms with Crippen molar-refractivity contribution in [2.75, 3.05) is 7.11 Å². The number of allylic oxidation sites excluding steroid dienone is 2. The van der Waals surface area contributed by atoms with Crippen LogP contribution in [0.4, 0.5) is 0 Å². The fourth-order valence-electron chi connectivity index (χ4n) is 7.20. The third kappa shape index (κ3) is 3.48. The zero-order valence-electron chi connectivity index (χ0n) is 20.2. The van der Waals surface area contributed by atoms with E-state index in [-0.39, 0.29) is 15.8 Å². The van der Waals surface area contributed by atoms with Gasteiger partial charge in [0, 0.05) is 0 Å². The Morgan fingerprint density at radius 1 is 0.853 bits per heavy atom. The Hall–Kier alpha value is -2.33. The van der Waals surface area contributed by atoms with Crippen molar-refractivity contribution in [3.05, 3.63) is 103 Å². The minimum absolute atomic E-state index is 0.00617. The first-order valence-electron chi connectivity index (χ1n) is 12.6. The SMILES string of the molecule is CCCC[C@]1(C(=O)OC)[C@@H]2C=C[C@@H](C2)[C@H]1[Sn]([c]1ccccc1)([c]1ccccc1)[c]1ccccc1. The molecule has 0 N–H and O–H groups in total. The van der Waals surface area contributed by atoms with Crippen molar-refractivity contribution in [2.24, 2.45) is 17.3 Å². The number of hydrogen-bond acceptors (Lipinski definition) is 2. The zero-order valence-corrected chi connectivity index (χ0v) is 23.0. The van der Waals surface area contributed by atoms with E-state index in [0.717, 1.165) is 25.7 Å². The first-order chi connectivity index (χ1) is 16.7. The van der Waals surface area contributed by atoms with E-state index in [1.807, 2.05) is 0 Å². The average Bonchev–Trinajstić information content (AvgIpc) is 3.51. The predicted octanol–water partition coefficient (Wildman–Crippen LogP) is 5.08. The monoisotopic (exact) mass is 558 g/mol. The molecule has 1 saturated carbocycles. The molecule has 3 heteroatoms.